The van der Waals surface area contributed by atoms with Crippen LogP contribution in [0.2, 0.25) is 0 Å². The van der Waals surface area contributed by atoms with Crippen LogP contribution < -0.4 is 10.0 Å². The maximum Gasteiger partial charge on any atom is 0.208 e. The van der Waals surface area contributed by atoms with Crippen molar-refractivity contribution in [2.75, 3.05) is 25.9 Å². The average Bonchev–Trinajstić information content (AvgIpc) is 2.20. The number of nitriles is 1. The monoisotopic (exact) mass is 261 g/mol. The first-order valence-electron chi connectivity index (χ1n) is 5.83. The molecule has 5 nitrogen and oxygen atoms in total. The second-order valence-electron chi connectivity index (χ2n) is 4.87. The Bertz CT molecular complexity index is 344. The maximum atomic E-state index is 10.7. The second kappa shape index (κ2) is 7.64. The van der Waals surface area contributed by atoms with Crippen LogP contribution in [-0.2, 0) is 10.0 Å². The molecule has 2 N–H and O–H groups in total. The van der Waals surface area contributed by atoms with E-state index in [1.54, 1.807) is 0 Å². The van der Waals surface area contributed by atoms with E-state index in [9.17, 15) is 8.42 Å². The number of nitrogens with zero attached hydrogens (tertiary/aromatic N) is 1. The minimum absolute atomic E-state index is 0.250. The van der Waals surface area contributed by atoms with E-state index in [1.807, 2.05) is 13.8 Å². The van der Waals surface area contributed by atoms with Crippen LogP contribution in [-0.4, -0.2) is 34.3 Å². The van der Waals surface area contributed by atoms with Gasteiger partial charge in [0.2, 0.25) is 10.0 Å². The number of sulfonamides is 1. The molecular weight excluding hydrogens is 238 g/mol. The summed E-state index contributed by atoms with van der Waals surface area (Å²) >= 11 is 0. The Morgan fingerprint density at radius 3 is 2.29 bits per heavy atom. The van der Waals surface area contributed by atoms with Gasteiger partial charge in [-0.2, -0.15) is 5.26 Å². The Morgan fingerprint density at radius 1 is 1.18 bits per heavy atom. The molecule has 0 heterocycles. The van der Waals surface area contributed by atoms with Crippen LogP contribution >= 0.6 is 0 Å². The Labute approximate surface area is 105 Å². The third-order valence-electron chi connectivity index (χ3n) is 2.35. The molecule has 0 aromatic carbocycles. The summed E-state index contributed by atoms with van der Waals surface area (Å²) in [5.74, 6) is 0. The molecule has 0 aliphatic rings. The summed E-state index contributed by atoms with van der Waals surface area (Å²) in [5, 5.41) is 12.0. The van der Waals surface area contributed by atoms with Gasteiger partial charge in [0.1, 0.15) is 0 Å². The van der Waals surface area contributed by atoms with Gasteiger partial charge in [-0.3, -0.25) is 0 Å². The fourth-order valence-corrected chi connectivity index (χ4v) is 1.82. The molecule has 0 aliphatic heterocycles. The molecule has 0 saturated carbocycles. The van der Waals surface area contributed by atoms with Crippen molar-refractivity contribution >= 4 is 10.0 Å². The molecule has 6 heteroatoms. The van der Waals surface area contributed by atoms with Gasteiger partial charge in [-0.05, 0) is 46.2 Å². The number of nitrogens with one attached hydrogen (secondary N) is 2. The summed E-state index contributed by atoms with van der Waals surface area (Å²) in [4.78, 5) is 0. The van der Waals surface area contributed by atoms with E-state index in [-0.39, 0.29) is 5.41 Å². The summed E-state index contributed by atoms with van der Waals surface area (Å²) in [7, 11) is -3.06. The Morgan fingerprint density at radius 2 is 1.76 bits per heavy atom. The first-order valence-corrected chi connectivity index (χ1v) is 7.72. The lowest BCUT2D eigenvalue weighted by Crippen LogP contribution is -2.27. The van der Waals surface area contributed by atoms with Gasteiger partial charge in [0.25, 0.3) is 0 Å². The molecule has 17 heavy (non-hydrogen) atoms. The SMILES string of the molecule is CC(C)(C#N)CCCNCCCNS(C)(=O)=O. The Kier molecular flexibility index (Phi) is 7.35. The molecule has 0 amide bonds. The van der Waals surface area contributed by atoms with E-state index in [1.165, 1.54) is 0 Å². The predicted molar refractivity (Wildman–Crippen MR) is 69.0 cm³/mol. The van der Waals surface area contributed by atoms with Crippen molar-refractivity contribution in [2.45, 2.75) is 33.1 Å². The van der Waals surface area contributed by atoms with Gasteiger partial charge in [-0.15, -0.1) is 0 Å². The molecular formula is C11H23N3O2S. The summed E-state index contributed by atoms with van der Waals surface area (Å²) in [6, 6.07) is 2.26. The molecule has 0 aromatic heterocycles. The van der Waals surface area contributed by atoms with Gasteiger partial charge >= 0.3 is 0 Å². The van der Waals surface area contributed by atoms with Crippen LogP contribution in [0.4, 0.5) is 0 Å². The van der Waals surface area contributed by atoms with E-state index >= 15 is 0 Å². The molecule has 0 atom stereocenters. The minimum atomic E-state index is -3.06. The quantitative estimate of drug-likeness (QED) is 0.603. The van der Waals surface area contributed by atoms with Crippen molar-refractivity contribution in [1.29, 1.82) is 5.26 Å². The largest absolute Gasteiger partial charge is 0.317 e. The predicted octanol–water partition coefficient (Wildman–Crippen LogP) is 0.845. The minimum Gasteiger partial charge on any atom is -0.317 e. The van der Waals surface area contributed by atoms with E-state index in [2.05, 4.69) is 16.1 Å². The van der Waals surface area contributed by atoms with Crippen molar-refractivity contribution < 1.29 is 8.42 Å². The number of rotatable bonds is 9. The zero-order valence-electron chi connectivity index (χ0n) is 10.9. The van der Waals surface area contributed by atoms with Gasteiger partial charge < -0.3 is 5.32 Å². The third kappa shape index (κ3) is 11.6. The van der Waals surface area contributed by atoms with Crippen molar-refractivity contribution in [1.82, 2.24) is 10.0 Å². The Hall–Kier alpha value is -0.640. The number of hydrogen-bond donors (Lipinski definition) is 2. The van der Waals surface area contributed by atoms with Crippen LogP contribution in [0, 0.1) is 16.7 Å². The third-order valence-corrected chi connectivity index (χ3v) is 3.08. The van der Waals surface area contributed by atoms with Gasteiger partial charge in [0.05, 0.1) is 17.7 Å². The van der Waals surface area contributed by atoms with Crippen LogP contribution in [0.25, 0.3) is 0 Å². The van der Waals surface area contributed by atoms with Gasteiger partial charge in [-0.1, -0.05) is 0 Å². The highest BCUT2D eigenvalue weighted by Gasteiger charge is 2.14. The molecule has 0 rings (SSSR count). The molecule has 0 aliphatic carbocycles. The van der Waals surface area contributed by atoms with Crippen LogP contribution in [0.3, 0.4) is 0 Å². The highest BCUT2D eigenvalue weighted by molar-refractivity contribution is 7.88. The van der Waals surface area contributed by atoms with Crippen molar-refractivity contribution in [2.24, 2.45) is 5.41 Å². The molecule has 0 saturated heterocycles. The maximum absolute atomic E-state index is 10.7. The molecule has 0 spiro atoms. The van der Waals surface area contributed by atoms with Gasteiger partial charge in [-0.25, -0.2) is 13.1 Å². The summed E-state index contributed by atoms with van der Waals surface area (Å²) in [6.45, 7) is 5.99. The normalized spacial score (nSPS) is 12.4. The molecule has 0 unspecified atom stereocenters. The lowest BCUT2D eigenvalue weighted by atomic mass is 9.90. The van der Waals surface area contributed by atoms with E-state index < -0.39 is 10.0 Å². The fourth-order valence-electron chi connectivity index (χ4n) is 1.31. The van der Waals surface area contributed by atoms with E-state index in [0.717, 1.165) is 38.6 Å². The summed E-state index contributed by atoms with van der Waals surface area (Å²) < 4.78 is 23.9. The standard InChI is InChI=1S/C11H23N3O2S/c1-11(2,10-12)6-4-7-13-8-5-9-14-17(3,15)16/h13-14H,4-9H2,1-3H3. The van der Waals surface area contributed by atoms with E-state index in [4.69, 9.17) is 5.26 Å². The average molecular weight is 261 g/mol. The van der Waals surface area contributed by atoms with Crippen LogP contribution in [0.15, 0.2) is 0 Å². The van der Waals surface area contributed by atoms with Crippen molar-refractivity contribution in [3.05, 3.63) is 0 Å². The summed E-state index contributed by atoms with van der Waals surface area (Å²) in [6.07, 6.45) is 3.76. The van der Waals surface area contributed by atoms with Gasteiger partial charge in [0, 0.05) is 6.54 Å². The van der Waals surface area contributed by atoms with Crippen LogP contribution in [0.5, 0.6) is 0 Å². The summed E-state index contributed by atoms with van der Waals surface area (Å²) in [5.41, 5.74) is -0.250. The molecule has 0 fully saturated rings. The van der Waals surface area contributed by atoms with Crippen molar-refractivity contribution in [3.8, 4) is 6.07 Å². The second-order valence-corrected chi connectivity index (χ2v) is 6.70. The zero-order chi connectivity index (χ0) is 13.4. The molecule has 0 aromatic rings. The molecule has 100 valence electrons. The molecule has 0 bridgehead atoms. The van der Waals surface area contributed by atoms with Crippen molar-refractivity contribution in [3.63, 3.8) is 0 Å². The highest BCUT2D eigenvalue weighted by Crippen LogP contribution is 2.19. The fraction of sp³-hybridized carbons (Fsp3) is 0.909. The lowest BCUT2D eigenvalue weighted by Gasteiger charge is -2.14. The smallest absolute Gasteiger partial charge is 0.208 e. The first kappa shape index (κ1) is 16.4. The molecule has 0 radical (unpaired) electrons. The number of hydrogen-bond acceptors (Lipinski definition) is 4. The van der Waals surface area contributed by atoms with Gasteiger partial charge in [0.15, 0.2) is 0 Å². The topological polar surface area (TPSA) is 82.0 Å². The Balaban J connectivity index is 3.34. The highest BCUT2D eigenvalue weighted by atomic mass is 32.2. The lowest BCUT2D eigenvalue weighted by molar-refractivity contribution is 0.425. The van der Waals surface area contributed by atoms with Crippen LogP contribution in [0.1, 0.15) is 33.1 Å². The first-order chi connectivity index (χ1) is 7.77. The zero-order valence-corrected chi connectivity index (χ0v) is 11.7. The van der Waals surface area contributed by atoms with E-state index in [0.29, 0.717) is 6.54 Å².